The normalized spacial score (nSPS) is 14.4. The van der Waals surface area contributed by atoms with Gasteiger partial charge in [0.15, 0.2) is 17.5 Å². The van der Waals surface area contributed by atoms with Crippen molar-refractivity contribution < 1.29 is 0 Å². The summed E-state index contributed by atoms with van der Waals surface area (Å²) < 4.78 is 0. The van der Waals surface area contributed by atoms with Crippen molar-refractivity contribution >= 4 is 0 Å². The summed E-state index contributed by atoms with van der Waals surface area (Å²) in [5.74, 6) is 1.78. The summed E-state index contributed by atoms with van der Waals surface area (Å²) in [4.78, 5) is 15.1. The zero-order valence-electron chi connectivity index (χ0n) is 26.6. The minimum absolute atomic E-state index is 0.164. The Labute approximate surface area is 280 Å². The van der Waals surface area contributed by atoms with Crippen LogP contribution in [0.2, 0.25) is 0 Å². The molecule has 0 bridgehead atoms. The van der Waals surface area contributed by atoms with Gasteiger partial charge in [-0.3, -0.25) is 0 Å². The van der Waals surface area contributed by atoms with Crippen LogP contribution in [-0.4, -0.2) is 15.0 Å². The van der Waals surface area contributed by atoms with Gasteiger partial charge in [-0.2, -0.15) is 5.26 Å². The van der Waals surface area contributed by atoms with Crippen LogP contribution in [0.1, 0.15) is 52.8 Å². The molecule has 0 aliphatic heterocycles. The van der Waals surface area contributed by atoms with Gasteiger partial charge in [0, 0.05) is 22.1 Å². The second kappa shape index (κ2) is 10.4. The van der Waals surface area contributed by atoms with E-state index in [2.05, 4.69) is 111 Å². The van der Waals surface area contributed by atoms with Gasteiger partial charge >= 0.3 is 0 Å². The van der Waals surface area contributed by atoms with E-state index in [1.165, 1.54) is 44.5 Å². The molecule has 1 spiro atoms. The van der Waals surface area contributed by atoms with E-state index in [4.69, 9.17) is 15.0 Å². The lowest BCUT2D eigenvalue weighted by Gasteiger charge is -2.46. The molecular formula is C44H30N4. The van der Waals surface area contributed by atoms with E-state index in [0.717, 1.165) is 16.7 Å². The molecule has 48 heavy (non-hydrogen) atoms. The van der Waals surface area contributed by atoms with Gasteiger partial charge in [-0.25, -0.2) is 15.0 Å². The first-order chi connectivity index (χ1) is 23.5. The standard InChI is InChI=1S/C44H30N4/c1-43(2)35-16-8-10-18-37(35)44(38-19-11-9-17-36(38)43)34-15-7-6-14-32(34)33-25-24-31(26-39(33)44)42-47-40(29-12-4-3-5-13-29)46-41(48-42)30-22-20-28(27-45)21-23-30/h3-26H,1-2H3. The second-order valence-electron chi connectivity index (χ2n) is 13.1. The van der Waals surface area contributed by atoms with Crippen LogP contribution in [-0.2, 0) is 10.8 Å². The minimum atomic E-state index is -0.504. The van der Waals surface area contributed by atoms with Crippen molar-refractivity contribution in [3.05, 3.63) is 185 Å². The summed E-state index contributed by atoms with van der Waals surface area (Å²) in [5, 5.41) is 9.39. The molecular weight excluding hydrogens is 585 g/mol. The van der Waals surface area contributed by atoms with Crippen molar-refractivity contribution in [2.24, 2.45) is 0 Å². The Morgan fingerprint density at radius 3 is 1.50 bits per heavy atom. The maximum absolute atomic E-state index is 9.39. The maximum Gasteiger partial charge on any atom is 0.164 e. The quantitative estimate of drug-likeness (QED) is 0.199. The summed E-state index contributed by atoms with van der Waals surface area (Å²) in [7, 11) is 0. The van der Waals surface area contributed by atoms with Gasteiger partial charge in [0.2, 0.25) is 0 Å². The van der Waals surface area contributed by atoms with Crippen LogP contribution in [0.15, 0.2) is 146 Å². The summed E-state index contributed by atoms with van der Waals surface area (Å²) in [5.41, 5.74) is 12.9. The zero-order chi connectivity index (χ0) is 32.5. The summed E-state index contributed by atoms with van der Waals surface area (Å²) >= 11 is 0. The van der Waals surface area contributed by atoms with Crippen LogP contribution in [0.3, 0.4) is 0 Å². The topological polar surface area (TPSA) is 62.5 Å². The van der Waals surface area contributed by atoms with Crippen LogP contribution in [0, 0.1) is 11.3 Å². The van der Waals surface area contributed by atoms with Crippen LogP contribution in [0.5, 0.6) is 0 Å². The molecule has 1 heterocycles. The van der Waals surface area contributed by atoms with E-state index in [-0.39, 0.29) is 5.41 Å². The molecule has 0 radical (unpaired) electrons. The average molecular weight is 615 g/mol. The molecule has 9 rings (SSSR count). The molecule has 0 atom stereocenters. The van der Waals surface area contributed by atoms with Crippen molar-refractivity contribution in [1.82, 2.24) is 15.0 Å². The number of aromatic nitrogens is 3. The van der Waals surface area contributed by atoms with Crippen molar-refractivity contribution in [3.63, 3.8) is 0 Å². The highest BCUT2D eigenvalue weighted by atomic mass is 15.0. The molecule has 2 aliphatic carbocycles. The lowest BCUT2D eigenvalue weighted by Crippen LogP contribution is -2.40. The molecule has 0 amide bonds. The zero-order valence-corrected chi connectivity index (χ0v) is 26.6. The second-order valence-corrected chi connectivity index (χ2v) is 13.1. The van der Waals surface area contributed by atoms with E-state index in [1.54, 1.807) is 12.1 Å². The van der Waals surface area contributed by atoms with Gasteiger partial charge < -0.3 is 0 Å². The summed E-state index contributed by atoms with van der Waals surface area (Å²) in [6, 6.07) is 53.2. The van der Waals surface area contributed by atoms with Crippen LogP contribution < -0.4 is 0 Å². The fourth-order valence-electron chi connectivity index (χ4n) is 8.04. The van der Waals surface area contributed by atoms with E-state index >= 15 is 0 Å². The lowest BCUT2D eigenvalue weighted by molar-refractivity contribution is 0.563. The predicted octanol–water partition coefficient (Wildman–Crippen LogP) is 9.75. The van der Waals surface area contributed by atoms with Gasteiger partial charge in [0.25, 0.3) is 0 Å². The van der Waals surface area contributed by atoms with Crippen LogP contribution in [0.25, 0.3) is 45.3 Å². The molecule has 4 heteroatoms. The predicted molar refractivity (Wildman–Crippen MR) is 190 cm³/mol. The first-order valence-electron chi connectivity index (χ1n) is 16.3. The molecule has 1 aromatic heterocycles. The smallest absolute Gasteiger partial charge is 0.164 e. The highest BCUT2D eigenvalue weighted by Gasteiger charge is 2.53. The molecule has 0 fully saturated rings. The van der Waals surface area contributed by atoms with Gasteiger partial charge in [-0.15, -0.1) is 0 Å². The number of fused-ring (bicyclic) bond motifs is 9. The molecule has 0 saturated carbocycles. The van der Waals surface area contributed by atoms with E-state index in [0.29, 0.717) is 23.0 Å². The molecule has 7 aromatic rings. The Bertz CT molecular complexity index is 2390. The summed E-state index contributed by atoms with van der Waals surface area (Å²) in [6.45, 7) is 4.69. The van der Waals surface area contributed by atoms with Crippen molar-refractivity contribution in [3.8, 4) is 51.4 Å². The number of hydrogen-bond acceptors (Lipinski definition) is 4. The van der Waals surface area contributed by atoms with Crippen LogP contribution >= 0.6 is 0 Å². The average Bonchev–Trinajstić information content (AvgIpc) is 3.44. The van der Waals surface area contributed by atoms with E-state index < -0.39 is 5.41 Å². The molecule has 2 aliphatic rings. The largest absolute Gasteiger partial charge is 0.208 e. The first kappa shape index (κ1) is 28.1. The minimum Gasteiger partial charge on any atom is -0.208 e. The first-order valence-corrected chi connectivity index (χ1v) is 16.3. The van der Waals surface area contributed by atoms with Crippen molar-refractivity contribution in [2.75, 3.05) is 0 Å². The van der Waals surface area contributed by atoms with E-state index in [9.17, 15) is 5.26 Å². The fraction of sp³-hybridized carbons (Fsp3) is 0.0909. The number of nitrogens with zero attached hydrogens (tertiary/aromatic N) is 4. The molecule has 226 valence electrons. The monoisotopic (exact) mass is 614 g/mol. The maximum atomic E-state index is 9.39. The highest BCUT2D eigenvalue weighted by Crippen LogP contribution is 2.62. The molecule has 0 saturated heterocycles. The summed E-state index contributed by atoms with van der Waals surface area (Å²) in [6.07, 6.45) is 0. The highest BCUT2D eigenvalue weighted by molar-refractivity contribution is 5.90. The Hall–Kier alpha value is -6.18. The van der Waals surface area contributed by atoms with Gasteiger partial charge in [-0.1, -0.05) is 129 Å². The van der Waals surface area contributed by atoms with E-state index in [1.807, 2.05) is 42.5 Å². The molecule has 0 N–H and O–H groups in total. The number of hydrogen-bond donors (Lipinski definition) is 0. The van der Waals surface area contributed by atoms with Gasteiger partial charge in [0.1, 0.15) is 0 Å². The fourth-order valence-corrected chi connectivity index (χ4v) is 8.04. The van der Waals surface area contributed by atoms with Crippen molar-refractivity contribution in [1.29, 1.82) is 5.26 Å². The van der Waals surface area contributed by atoms with Crippen molar-refractivity contribution in [2.45, 2.75) is 24.7 Å². The van der Waals surface area contributed by atoms with Gasteiger partial charge in [0.05, 0.1) is 17.0 Å². The number of benzene rings is 6. The Balaban J connectivity index is 1.33. The number of nitriles is 1. The lowest BCUT2D eigenvalue weighted by atomic mass is 9.55. The molecule has 4 nitrogen and oxygen atoms in total. The third-order valence-corrected chi connectivity index (χ3v) is 10.3. The SMILES string of the molecule is CC1(C)c2ccccc2C2(c3ccccc3-c3ccc(-c4nc(-c5ccccc5)nc(-c5ccc(C#N)cc5)n4)cc32)c2ccccc21. The third-order valence-electron chi connectivity index (χ3n) is 10.3. The Morgan fingerprint density at radius 1 is 0.438 bits per heavy atom. The third kappa shape index (κ3) is 3.91. The molecule has 6 aromatic carbocycles. The van der Waals surface area contributed by atoms with Gasteiger partial charge in [-0.05, 0) is 74.8 Å². The Morgan fingerprint density at radius 2 is 0.896 bits per heavy atom. The Kier molecular flexibility index (Phi) is 6.09. The number of rotatable bonds is 3. The van der Waals surface area contributed by atoms with Crippen LogP contribution in [0.4, 0.5) is 0 Å². The molecule has 0 unspecified atom stereocenters.